The van der Waals surface area contributed by atoms with Gasteiger partial charge >= 0.3 is 0 Å². The second-order valence-corrected chi connectivity index (χ2v) is 8.36. The molecule has 0 unspecified atom stereocenters. The van der Waals surface area contributed by atoms with Crippen molar-refractivity contribution in [3.8, 4) is 0 Å². The number of amides is 2. The molecule has 1 aromatic carbocycles. The fourth-order valence-electron chi connectivity index (χ4n) is 3.40. The molecule has 0 bridgehead atoms. The largest absolute Gasteiger partial charge is 0.279 e. The van der Waals surface area contributed by atoms with E-state index in [1.807, 2.05) is 36.4 Å². The summed E-state index contributed by atoms with van der Waals surface area (Å²) < 4.78 is 1.69. The molecule has 2 amide bonds. The Morgan fingerprint density at radius 3 is 2.82 bits per heavy atom. The highest BCUT2D eigenvalue weighted by Gasteiger charge is 2.21. The number of carbonyl (C=O) groups is 2. The van der Waals surface area contributed by atoms with Gasteiger partial charge in [-0.1, -0.05) is 37.3 Å². The van der Waals surface area contributed by atoms with E-state index in [0.717, 1.165) is 24.8 Å². The number of nitrogens with zero attached hydrogens (tertiary/aromatic N) is 2. The highest BCUT2D eigenvalue weighted by atomic mass is 32.1. The number of aryl methyl sites for hydroxylation is 1. The summed E-state index contributed by atoms with van der Waals surface area (Å²) in [5.74, 6) is -0.00943. The first-order valence-electron chi connectivity index (χ1n) is 9.37. The predicted octanol–water partition coefficient (Wildman–Crippen LogP) is 3.19. The molecule has 0 radical (unpaired) electrons. The third kappa shape index (κ3) is 4.14. The molecule has 4 rings (SSSR count). The lowest BCUT2D eigenvalue weighted by molar-refractivity contribution is 0.0849. The highest BCUT2D eigenvalue weighted by Crippen LogP contribution is 2.32. The minimum Gasteiger partial charge on any atom is -0.268 e. The lowest BCUT2D eigenvalue weighted by Crippen LogP contribution is -2.41. The summed E-state index contributed by atoms with van der Waals surface area (Å²) in [6, 6.07) is 11.8. The number of aromatic nitrogens is 2. The predicted molar refractivity (Wildman–Crippen MR) is 108 cm³/mol. The van der Waals surface area contributed by atoms with Crippen LogP contribution in [-0.2, 0) is 19.4 Å². The van der Waals surface area contributed by atoms with Gasteiger partial charge in [-0.3, -0.25) is 25.1 Å². The van der Waals surface area contributed by atoms with E-state index < -0.39 is 0 Å². The summed E-state index contributed by atoms with van der Waals surface area (Å²) in [5.41, 5.74) is 7.75. The molecule has 2 aromatic heterocycles. The molecule has 144 valence electrons. The van der Waals surface area contributed by atoms with Crippen LogP contribution in [0.25, 0.3) is 0 Å². The zero-order chi connectivity index (χ0) is 19.5. The van der Waals surface area contributed by atoms with Gasteiger partial charge in [0.15, 0.2) is 0 Å². The van der Waals surface area contributed by atoms with Crippen LogP contribution in [0.15, 0.2) is 48.8 Å². The first-order chi connectivity index (χ1) is 13.6. The number of rotatable bonds is 4. The Bertz CT molecular complexity index is 993. The molecule has 0 spiro atoms. The number of carbonyl (C=O) groups excluding carboxylic acids is 2. The Morgan fingerprint density at radius 2 is 2.00 bits per heavy atom. The van der Waals surface area contributed by atoms with Crippen LogP contribution in [0, 0.1) is 5.92 Å². The van der Waals surface area contributed by atoms with E-state index >= 15 is 0 Å². The van der Waals surface area contributed by atoms with Gasteiger partial charge in [-0.2, -0.15) is 5.10 Å². The smallest absolute Gasteiger partial charge is 0.268 e. The summed E-state index contributed by atoms with van der Waals surface area (Å²) >= 11 is 1.52. The number of hydrogen-bond acceptors (Lipinski definition) is 4. The molecule has 2 heterocycles. The summed E-state index contributed by atoms with van der Waals surface area (Å²) in [6.07, 6.45) is 6.38. The Labute approximate surface area is 167 Å². The van der Waals surface area contributed by atoms with Crippen molar-refractivity contribution in [3.05, 3.63) is 75.2 Å². The molecule has 0 aliphatic heterocycles. The monoisotopic (exact) mass is 394 g/mol. The molecular weight excluding hydrogens is 372 g/mol. The maximum Gasteiger partial charge on any atom is 0.279 e. The van der Waals surface area contributed by atoms with Gasteiger partial charge in [0.1, 0.15) is 0 Å². The molecule has 1 atom stereocenters. The van der Waals surface area contributed by atoms with Crippen LogP contribution in [0.5, 0.6) is 0 Å². The van der Waals surface area contributed by atoms with Crippen molar-refractivity contribution in [2.75, 3.05) is 0 Å². The zero-order valence-corrected chi connectivity index (χ0v) is 16.5. The van der Waals surface area contributed by atoms with Crippen molar-refractivity contribution in [3.63, 3.8) is 0 Å². The van der Waals surface area contributed by atoms with Crippen LogP contribution >= 0.6 is 11.3 Å². The maximum atomic E-state index is 12.4. The molecule has 0 saturated carbocycles. The summed E-state index contributed by atoms with van der Waals surface area (Å²) in [5, 5.41) is 4.21. The number of hydrogen-bond donors (Lipinski definition) is 2. The number of fused-ring (bicyclic) bond motifs is 1. The lowest BCUT2D eigenvalue weighted by Gasteiger charge is -2.16. The Hall–Kier alpha value is -2.93. The van der Waals surface area contributed by atoms with Crippen molar-refractivity contribution < 1.29 is 9.59 Å². The summed E-state index contributed by atoms with van der Waals surface area (Å²) in [7, 11) is 0. The Kier molecular flexibility index (Phi) is 5.25. The van der Waals surface area contributed by atoms with Gasteiger partial charge in [0, 0.05) is 11.1 Å². The number of thiophene rings is 1. The highest BCUT2D eigenvalue weighted by molar-refractivity contribution is 7.14. The maximum absolute atomic E-state index is 12.4. The molecule has 7 heteroatoms. The quantitative estimate of drug-likeness (QED) is 0.667. The van der Waals surface area contributed by atoms with E-state index in [-0.39, 0.29) is 11.8 Å². The Morgan fingerprint density at radius 1 is 1.21 bits per heavy atom. The molecule has 2 N–H and O–H groups in total. The molecule has 0 saturated heterocycles. The van der Waals surface area contributed by atoms with E-state index in [0.29, 0.717) is 22.9 Å². The average Bonchev–Trinajstić information content (AvgIpc) is 3.33. The van der Waals surface area contributed by atoms with E-state index in [4.69, 9.17) is 0 Å². The van der Waals surface area contributed by atoms with Crippen molar-refractivity contribution in [2.24, 2.45) is 5.92 Å². The standard InChI is InChI=1S/C21H22N4O2S/c1-14-7-8-18-16(9-14)10-19(28-18)21(27)24-23-20(26)17-11-22-25(13-17)12-15-5-3-2-4-6-15/h2-6,10-11,13-14H,7-9,12H2,1H3,(H,23,26)(H,24,27)/t14-/m1/s1. The first-order valence-corrected chi connectivity index (χ1v) is 10.2. The minimum absolute atomic E-state index is 0.280. The number of nitrogens with one attached hydrogen (secondary N) is 2. The lowest BCUT2D eigenvalue weighted by atomic mass is 9.90. The molecule has 3 aromatic rings. The fraction of sp³-hybridized carbons (Fsp3) is 0.286. The van der Waals surface area contributed by atoms with Crippen LogP contribution in [0.2, 0.25) is 0 Å². The van der Waals surface area contributed by atoms with Crippen molar-refractivity contribution >= 4 is 23.2 Å². The topological polar surface area (TPSA) is 76.0 Å². The van der Waals surface area contributed by atoms with Crippen LogP contribution in [0.1, 0.15) is 49.4 Å². The molecule has 28 heavy (non-hydrogen) atoms. The van der Waals surface area contributed by atoms with Crippen molar-refractivity contribution in [1.82, 2.24) is 20.6 Å². The zero-order valence-electron chi connectivity index (χ0n) is 15.6. The number of hydrazine groups is 1. The molecule has 6 nitrogen and oxygen atoms in total. The van der Waals surface area contributed by atoms with Gasteiger partial charge in [-0.25, -0.2) is 0 Å². The average molecular weight is 395 g/mol. The van der Waals surface area contributed by atoms with Crippen LogP contribution in [-0.4, -0.2) is 21.6 Å². The van der Waals surface area contributed by atoms with Gasteiger partial charge in [-0.05, 0) is 42.4 Å². The normalized spacial score (nSPS) is 15.7. The molecule has 1 aliphatic carbocycles. The van der Waals surface area contributed by atoms with Crippen molar-refractivity contribution in [2.45, 2.75) is 32.7 Å². The van der Waals surface area contributed by atoms with Crippen LogP contribution in [0.3, 0.4) is 0 Å². The van der Waals surface area contributed by atoms with Gasteiger partial charge in [0.25, 0.3) is 11.8 Å². The minimum atomic E-state index is -0.386. The fourth-order valence-corrected chi connectivity index (χ4v) is 4.51. The number of benzene rings is 1. The second-order valence-electron chi connectivity index (χ2n) is 7.23. The van der Waals surface area contributed by atoms with Crippen molar-refractivity contribution in [1.29, 1.82) is 0 Å². The first kappa shape index (κ1) is 18.4. The van der Waals surface area contributed by atoms with Gasteiger partial charge in [0.05, 0.1) is 23.2 Å². The van der Waals surface area contributed by atoms with Gasteiger partial charge < -0.3 is 0 Å². The molecule has 1 aliphatic rings. The van der Waals surface area contributed by atoms with Crippen LogP contribution in [0.4, 0.5) is 0 Å². The van der Waals surface area contributed by atoms with Gasteiger partial charge in [0.2, 0.25) is 0 Å². The Balaban J connectivity index is 1.34. The van der Waals surface area contributed by atoms with Gasteiger partial charge in [-0.15, -0.1) is 11.3 Å². The molecular formula is C21H22N4O2S. The van der Waals surface area contributed by atoms with E-state index in [2.05, 4.69) is 22.9 Å². The third-order valence-electron chi connectivity index (χ3n) is 4.93. The second kappa shape index (κ2) is 7.98. The third-order valence-corrected chi connectivity index (χ3v) is 6.16. The molecule has 0 fully saturated rings. The summed E-state index contributed by atoms with van der Waals surface area (Å²) in [6.45, 7) is 2.82. The van der Waals surface area contributed by atoms with E-state index in [9.17, 15) is 9.59 Å². The summed E-state index contributed by atoms with van der Waals surface area (Å²) in [4.78, 5) is 26.6. The van der Waals surface area contributed by atoms with E-state index in [1.54, 1.807) is 10.9 Å². The SMILES string of the molecule is C[C@@H]1CCc2sc(C(=O)NNC(=O)c3cnn(Cc4ccccc4)c3)cc2C1. The van der Waals surface area contributed by atoms with E-state index in [1.165, 1.54) is 28.0 Å². The van der Waals surface area contributed by atoms with Crippen LogP contribution < -0.4 is 10.9 Å².